The quantitative estimate of drug-likeness (QED) is 0.622. The standard InChI is InChI=1S/C17H16ClN2O6S.K/c1-25-15-3-2-11(18)5-16(15)27(23,24)20-12-6-13-14(22)4-10(8-21)9-26-17(13)19-7-12;/h2-3,5-7,10,21H,4,8-9H2,1H3;/q-1;+1/t10-;/m0./s1. The zero-order valence-electron chi connectivity index (χ0n) is 15.3. The number of fused-ring (bicyclic) bond motifs is 1. The van der Waals surface area contributed by atoms with Crippen LogP contribution in [0.2, 0.25) is 5.02 Å². The molecule has 0 saturated carbocycles. The van der Waals surface area contributed by atoms with E-state index in [1.165, 1.54) is 37.6 Å². The van der Waals surface area contributed by atoms with E-state index >= 15 is 0 Å². The molecule has 2 aromatic rings. The largest absolute Gasteiger partial charge is 1.00 e. The number of pyridine rings is 1. The molecule has 1 N–H and O–H groups in total. The second kappa shape index (κ2) is 9.85. The van der Waals surface area contributed by atoms with E-state index in [2.05, 4.69) is 9.71 Å². The van der Waals surface area contributed by atoms with E-state index in [0.29, 0.717) is 0 Å². The number of aliphatic hydroxyl groups is 1. The van der Waals surface area contributed by atoms with Gasteiger partial charge in [-0.05, 0) is 18.2 Å². The van der Waals surface area contributed by atoms with Gasteiger partial charge in [-0.2, -0.15) is 0 Å². The summed E-state index contributed by atoms with van der Waals surface area (Å²) in [6.45, 7) is -0.0450. The van der Waals surface area contributed by atoms with Gasteiger partial charge in [-0.25, -0.2) is 13.4 Å². The number of ketones is 1. The maximum absolute atomic E-state index is 12.7. The van der Waals surface area contributed by atoms with E-state index in [0.717, 1.165) is 0 Å². The Hall–Kier alpha value is -0.724. The van der Waals surface area contributed by atoms with E-state index in [9.17, 15) is 18.3 Å². The molecule has 1 aromatic carbocycles. The molecule has 28 heavy (non-hydrogen) atoms. The fourth-order valence-electron chi connectivity index (χ4n) is 2.59. The number of nitrogens with zero attached hydrogens (tertiary/aromatic N) is 2. The van der Waals surface area contributed by atoms with Gasteiger partial charge < -0.3 is 19.3 Å². The van der Waals surface area contributed by atoms with Crippen molar-refractivity contribution in [3.63, 3.8) is 0 Å². The Kier molecular flexibility index (Phi) is 8.29. The van der Waals surface area contributed by atoms with Crippen molar-refractivity contribution in [1.82, 2.24) is 4.98 Å². The molecule has 0 amide bonds. The Morgan fingerprint density at radius 3 is 2.82 bits per heavy atom. The van der Waals surface area contributed by atoms with Gasteiger partial charge in [-0.15, -0.1) is 5.69 Å². The molecular weight excluding hydrogens is 435 g/mol. The molecule has 0 bridgehead atoms. The summed E-state index contributed by atoms with van der Waals surface area (Å²) in [7, 11) is -2.83. The topological polar surface area (TPSA) is 117 Å². The Bertz CT molecular complexity index is 986. The fraction of sp³-hybridized carbons (Fsp3) is 0.294. The summed E-state index contributed by atoms with van der Waals surface area (Å²) < 4.78 is 39.6. The first-order valence-electron chi connectivity index (χ1n) is 7.92. The number of carbonyl (C=O) groups excluding carboxylic acids is 1. The Balaban J connectivity index is 0.00000280. The van der Waals surface area contributed by atoms with Crippen LogP contribution in [-0.4, -0.2) is 44.6 Å². The average Bonchev–Trinajstić information content (AvgIpc) is 2.80. The first-order chi connectivity index (χ1) is 12.8. The number of hydrogen-bond acceptors (Lipinski definition) is 7. The van der Waals surface area contributed by atoms with Crippen LogP contribution in [0.15, 0.2) is 35.4 Å². The smallest absolute Gasteiger partial charge is 0.571 e. The third-order valence-electron chi connectivity index (χ3n) is 3.95. The summed E-state index contributed by atoms with van der Waals surface area (Å²) in [5.41, 5.74) is 0.0932. The van der Waals surface area contributed by atoms with Crippen molar-refractivity contribution < 1.29 is 79.2 Å². The fourth-order valence-corrected chi connectivity index (χ4v) is 3.99. The van der Waals surface area contributed by atoms with Crippen LogP contribution >= 0.6 is 11.6 Å². The molecule has 0 unspecified atom stereocenters. The van der Waals surface area contributed by atoms with E-state index < -0.39 is 10.0 Å². The second-order valence-corrected chi connectivity index (χ2v) is 7.90. The van der Waals surface area contributed by atoms with Crippen molar-refractivity contribution in [3.05, 3.63) is 45.8 Å². The number of Topliss-reactive ketones (excluding diaryl/α,β-unsaturated/α-hetero) is 1. The normalized spacial score (nSPS) is 16.2. The van der Waals surface area contributed by atoms with Crippen molar-refractivity contribution in [3.8, 4) is 11.6 Å². The number of aromatic nitrogens is 1. The van der Waals surface area contributed by atoms with Gasteiger partial charge in [0, 0.05) is 30.2 Å². The summed E-state index contributed by atoms with van der Waals surface area (Å²) in [5, 5.41) is 9.46. The monoisotopic (exact) mass is 450 g/mol. The molecule has 8 nitrogen and oxygen atoms in total. The van der Waals surface area contributed by atoms with E-state index in [1.54, 1.807) is 0 Å². The van der Waals surface area contributed by atoms with Crippen molar-refractivity contribution in [2.75, 3.05) is 20.3 Å². The van der Waals surface area contributed by atoms with E-state index in [4.69, 9.17) is 21.1 Å². The zero-order chi connectivity index (χ0) is 19.6. The molecule has 0 radical (unpaired) electrons. The Morgan fingerprint density at radius 2 is 2.14 bits per heavy atom. The van der Waals surface area contributed by atoms with Crippen molar-refractivity contribution in [2.45, 2.75) is 11.3 Å². The molecule has 3 rings (SSSR count). The third-order valence-corrected chi connectivity index (χ3v) is 5.52. The zero-order valence-corrected chi connectivity index (χ0v) is 20.0. The van der Waals surface area contributed by atoms with Gasteiger partial charge in [0.25, 0.3) is 0 Å². The SMILES string of the molecule is COc1ccc(Cl)cc1S(=O)(=O)[N-]c1cnc2c(c1)C(=O)C[C@@H](CO)CO2.[K+]. The molecule has 0 fully saturated rings. The molecule has 0 spiro atoms. The number of rotatable bonds is 5. The van der Waals surface area contributed by atoms with Gasteiger partial charge in [0.15, 0.2) is 5.78 Å². The Labute approximate surface area is 210 Å². The predicted octanol–water partition coefficient (Wildman–Crippen LogP) is -0.285. The van der Waals surface area contributed by atoms with Crippen LogP contribution in [0, 0.1) is 5.92 Å². The van der Waals surface area contributed by atoms with Crippen molar-refractivity contribution in [1.29, 1.82) is 0 Å². The van der Waals surface area contributed by atoms with Gasteiger partial charge >= 0.3 is 51.4 Å². The summed E-state index contributed by atoms with van der Waals surface area (Å²) in [6, 6.07) is 5.46. The van der Waals surface area contributed by atoms with E-state index in [1.807, 2.05) is 0 Å². The predicted molar refractivity (Wildman–Crippen MR) is 97.5 cm³/mol. The van der Waals surface area contributed by atoms with Gasteiger partial charge in [0.1, 0.15) is 15.8 Å². The van der Waals surface area contributed by atoms with Gasteiger partial charge in [0.2, 0.25) is 5.88 Å². The number of ether oxygens (including phenoxy) is 2. The van der Waals surface area contributed by atoms with Gasteiger partial charge in [0.05, 0.1) is 24.2 Å². The Morgan fingerprint density at radius 1 is 1.39 bits per heavy atom. The summed E-state index contributed by atoms with van der Waals surface area (Å²) in [6.07, 6.45) is 1.27. The van der Waals surface area contributed by atoms with Crippen LogP contribution in [0.5, 0.6) is 11.6 Å². The minimum Gasteiger partial charge on any atom is -0.571 e. The third kappa shape index (κ3) is 5.25. The minimum atomic E-state index is -4.16. The van der Waals surface area contributed by atoms with Crippen LogP contribution in [0.4, 0.5) is 5.69 Å². The van der Waals surface area contributed by atoms with Crippen molar-refractivity contribution >= 4 is 33.1 Å². The molecule has 2 heterocycles. The summed E-state index contributed by atoms with van der Waals surface area (Å²) in [4.78, 5) is 16.1. The first kappa shape index (κ1) is 23.6. The van der Waals surface area contributed by atoms with Crippen LogP contribution in [0.25, 0.3) is 4.72 Å². The molecule has 11 heteroatoms. The molecule has 0 saturated heterocycles. The van der Waals surface area contributed by atoms with Crippen LogP contribution in [0.1, 0.15) is 16.8 Å². The van der Waals surface area contributed by atoms with Gasteiger partial charge in [-0.1, -0.05) is 17.7 Å². The van der Waals surface area contributed by atoms with Crippen LogP contribution in [-0.2, 0) is 10.0 Å². The van der Waals surface area contributed by atoms with Crippen molar-refractivity contribution in [2.24, 2.45) is 5.92 Å². The number of benzene rings is 1. The number of aliphatic hydroxyl groups excluding tert-OH is 1. The summed E-state index contributed by atoms with van der Waals surface area (Å²) in [5.74, 6) is -0.459. The molecular formula is C17H16ClKN2O6S. The summed E-state index contributed by atoms with van der Waals surface area (Å²) >= 11 is 5.89. The number of methoxy groups -OCH3 is 1. The molecule has 1 aliphatic rings. The maximum atomic E-state index is 12.7. The number of carbonyl (C=O) groups is 1. The van der Waals surface area contributed by atoms with Gasteiger partial charge in [-0.3, -0.25) is 4.79 Å². The number of sulfonamides is 1. The second-order valence-electron chi connectivity index (χ2n) is 5.89. The minimum absolute atomic E-state index is 0. The molecule has 1 aliphatic heterocycles. The van der Waals surface area contributed by atoms with E-state index in [-0.39, 0.29) is 116 Å². The molecule has 1 aromatic heterocycles. The molecule has 1 atom stereocenters. The molecule has 0 aliphatic carbocycles. The molecule has 144 valence electrons. The number of hydrogen-bond donors (Lipinski definition) is 1. The number of halogens is 1. The maximum Gasteiger partial charge on any atom is 1.00 e. The first-order valence-corrected chi connectivity index (χ1v) is 9.74. The van der Waals surface area contributed by atoms with Crippen LogP contribution in [0.3, 0.4) is 0 Å². The van der Waals surface area contributed by atoms with Crippen LogP contribution < -0.4 is 60.9 Å². The average molecular weight is 451 g/mol.